The van der Waals surface area contributed by atoms with Crippen molar-refractivity contribution in [1.82, 2.24) is 0 Å². The molecule has 0 aromatic heterocycles. The maximum atomic E-state index is 12.6. The first-order chi connectivity index (χ1) is 24.9. The summed E-state index contributed by atoms with van der Waals surface area (Å²) in [4.78, 5) is 96.3. The predicted octanol–water partition coefficient (Wildman–Crippen LogP) is 1.31. The molecule has 2 heterocycles. The Bertz CT molecular complexity index is 1530. The fraction of sp³-hybridized carbons (Fsp3) is 0.594. The number of hydrogen-bond acceptors (Lipinski definition) is 20. The highest BCUT2D eigenvalue weighted by atomic mass is 32.2. The fourth-order valence-electron chi connectivity index (χ4n) is 5.35. The molecule has 3 rings (SSSR count). The van der Waals surface area contributed by atoms with Crippen molar-refractivity contribution in [2.75, 3.05) is 13.2 Å². The number of carbonyl (C=O) groups is 7. The van der Waals surface area contributed by atoms with Crippen molar-refractivity contribution in [3.05, 3.63) is 34.4 Å². The fourth-order valence-corrected chi connectivity index (χ4v) is 6.91. The lowest BCUT2D eigenvalue weighted by atomic mass is 9.99. The third-order valence-electron chi connectivity index (χ3n) is 7.19. The van der Waals surface area contributed by atoms with Crippen molar-refractivity contribution in [3.63, 3.8) is 0 Å². The Labute approximate surface area is 306 Å². The van der Waals surface area contributed by atoms with Crippen molar-refractivity contribution < 1.29 is 85.9 Å². The van der Waals surface area contributed by atoms with Crippen LogP contribution < -0.4 is 4.74 Å². The third kappa shape index (κ3) is 12.6. The van der Waals surface area contributed by atoms with Crippen molar-refractivity contribution in [2.24, 2.45) is 0 Å². The van der Waals surface area contributed by atoms with Crippen molar-refractivity contribution in [2.45, 2.75) is 108 Å². The highest BCUT2D eigenvalue weighted by Crippen LogP contribution is 2.42. The lowest BCUT2D eigenvalue weighted by Crippen LogP contribution is -2.64. The van der Waals surface area contributed by atoms with Gasteiger partial charge in [0.1, 0.15) is 36.6 Å². The summed E-state index contributed by atoms with van der Waals surface area (Å²) in [6.07, 6.45) is -11.9. The molecule has 0 bridgehead atoms. The van der Waals surface area contributed by atoms with Gasteiger partial charge in [-0.05, 0) is 12.1 Å². The summed E-state index contributed by atoms with van der Waals surface area (Å²) in [7, 11) is 0. The predicted molar refractivity (Wildman–Crippen MR) is 173 cm³/mol. The molecule has 2 saturated heterocycles. The quantitative estimate of drug-likeness (QED) is 0.112. The number of thioether (sulfide) groups is 1. The van der Waals surface area contributed by atoms with E-state index in [0.717, 1.165) is 72.4 Å². The van der Waals surface area contributed by atoms with Gasteiger partial charge >= 0.3 is 41.8 Å². The monoisotopic (exact) mass is 773 g/mol. The zero-order valence-corrected chi connectivity index (χ0v) is 30.4. The van der Waals surface area contributed by atoms with E-state index >= 15 is 0 Å². The second-order valence-electron chi connectivity index (χ2n) is 11.5. The van der Waals surface area contributed by atoms with Gasteiger partial charge in [-0.1, -0.05) is 0 Å². The molecule has 2 fully saturated rings. The van der Waals surface area contributed by atoms with Gasteiger partial charge in [0.2, 0.25) is 12.4 Å². The van der Waals surface area contributed by atoms with Gasteiger partial charge < -0.3 is 47.4 Å². The highest BCUT2D eigenvalue weighted by Gasteiger charge is 2.57. The highest BCUT2D eigenvalue weighted by molar-refractivity contribution is 8.00. The summed E-state index contributed by atoms with van der Waals surface area (Å²) in [5.74, 6) is -5.84. The second kappa shape index (κ2) is 19.2. The number of benzene rings is 1. The Morgan fingerprint density at radius 3 is 1.55 bits per heavy atom. The molecule has 0 aliphatic carbocycles. The standard InChI is InChI=1S/C32H39NO19S/c1-14(34)43-12-23-25(45-16(3)36)26(46-17(4)37)29(49-20(7)40)32(52-23)53-30-24(13-44-15(2)35)51-31(28(48-19(6)39)27(30)47-18(5)38)50-22-10-8-21(9-11-22)33(41)42/h8-11,23-32H,12-13H2,1-7H3/t23-,24-,25-,26+,27-,28-,29-,30-,31-,32+/m1/s1. The van der Waals surface area contributed by atoms with Crippen LogP contribution in [0.5, 0.6) is 5.75 Å². The van der Waals surface area contributed by atoms with Crippen LogP contribution in [0.15, 0.2) is 24.3 Å². The van der Waals surface area contributed by atoms with Gasteiger partial charge in [-0.15, -0.1) is 11.8 Å². The van der Waals surface area contributed by atoms with Gasteiger partial charge in [-0.25, -0.2) is 0 Å². The number of carbonyl (C=O) groups excluding carboxylic acids is 7. The van der Waals surface area contributed by atoms with E-state index in [0.29, 0.717) is 0 Å². The van der Waals surface area contributed by atoms with Crippen molar-refractivity contribution in [3.8, 4) is 5.75 Å². The SMILES string of the molecule is CC(=O)OC[C@H]1O[C@@H](S[C@H]2[C@H](OC(C)=O)[C@@H](OC(C)=O)[C@H](Oc3ccc([N+](=O)[O-])cc3)O[C@@H]2COC(C)=O)[C@H](OC(C)=O)[C@@H](OC(C)=O)[C@@H]1OC(C)=O. The van der Waals surface area contributed by atoms with E-state index in [4.69, 9.17) is 47.4 Å². The zero-order valence-electron chi connectivity index (χ0n) is 29.6. The molecule has 21 heteroatoms. The van der Waals surface area contributed by atoms with Crippen LogP contribution in [0.3, 0.4) is 0 Å². The van der Waals surface area contributed by atoms with E-state index < -0.39 is 120 Å². The molecular formula is C32H39NO19S. The topological polar surface area (TPSA) is 255 Å². The molecular weight excluding hydrogens is 734 g/mol. The molecule has 1 aromatic rings. The lowest BCUT2D eigenvalue weighted by molar-refractivity contribution is -0.384. The molecule has 1 aromatic carbocycles. The first-order valence-electron chi connectivity index (χ1n) is 15.9. The van der Waals surface area contributed by atoms with Gasteiger partial charge in [-0.2, -0.15) is 0 Å². The Morgan fingerprint density at radius 1 is 0.604 bits per heavy atom. The summed E-state index contributed by atoms with van der Waals surface area (Å²) in [5.41, 5.74) is -1.70. The van der Waals surface area contributed by atoms with Crippen LogP contribution in [0.25, 0.3) is 0 Å². The molecule has 0 unspecified atom stereocenters. The average molecular weight is 774 g/mol. The molecule has 0 spiro atoms. The number of rotatable bonds is 14. The zero-order chi connectivity index (χ0) is 39.6. The van der Waals surface area contributed by atoms with E-state index in [9.17, 15) is 43.7 Å². The molecule has 53 heavy (non-hydrogen) atoms. The number of ether oxygens (including phenoxy) is 10. The summed E-state index contributed by atoms with van der Waals surface area (Å²) in [5, 5.41) is 9.93. The second-order valence-corrected chi connectivity index (χ2v) is 12.8. The third-order valence-corrected chi connectivity index (χ3v) is 8.72. The number of esters is 7. The van der Waals surface area contributed by atoms with E-state index in [1.807, 2.05) is 0 Å². The van der Waals surface area contributed by atoms with E-state index in [-0.39, 0.29) is 11.4 Å². The minimum absolute atomic E-state index is 0.0104. The molecule has 0 saturated carbocycles. The first kappa shape index (κ1) is 42.4. The first-order valence-corrected chi connectivity index (χ1v) is 16.8. The maximum Gasteiger partial charge on any atom is 0.303 e. The number of nitro benzene ring substituents is 1. The largest absolute Gasteiger partial charge is 0.463 e. The van der Waals surface area contributed by atoms with Gasteiger partial charge in [0.15, 0.2) is 24.4 Å². The Morgan fingerprint density at radius 2 is 1.06 bits per heavy atom. The summed E-state index contributed by atoms with van der Waals surface area (Å²) < 4.78 is 56.4. The van der Waals surface area contributed by atoms with Crippen molar-refractivity contribution in [1.29, 1.82) is 0 Å². The Kier molecular flexibility index (Phi) is 15.3. The van der Waals surface area contributed by atoms with Crippen LogP contribution >= 0.6 is 11.8 Å². The number of non-ortho nitro benzene ring substituents is 1. The van der Waals surface area contributed by atoms with Crippen LogP contribution in [0, 0.1) is 10.1 Å². The molecule has 292 valence electrons. The van der Waals surface area contributed by atoms with Gasteiger partial charge in [0.25, 0.3) is 5.69 Å². The lowest BCUT2D eigenvalue weighted by Gasteiger charge is -2.48. The Hall–Kier alpha value is -5.02. The van der Waals surface area contributed by atoms with Crippen LogP contribution in [0.2, 0.25) is 0 Å². The minimum atomic E-state index is -1.59. The average Bonchev–Trinajstić information content (AvgIpc) is 3.03. The van der Waals surface area contributed by atoms with Gasteiger partial charge in [0.05, 0.1) is 10.2 Å². The molecule has 2 aliphatic heterocycles. The maximum absolute atomic E-state index is 12.6. The minimum Gasteiger partial charge on any atom is -0.463 e. The van der Waals surface area contributed by atoms with Crippen LogP contribution in [0.4, 0.5) is 5.69 Å². The van der Waals surface area contributed by atoms with E-state index in [1.165, 1.54) is 12.1 Å². The van der Waals surface area contributed by atoms with Crippen LogP contribution in [0.1, 0.15) is 48.5 Å². The van der Waals surface area contributed by atoms with Crippen LogP contribution in [-0.2, 0) is 76.2 Å². The molecule has 2 aliphatic rings. The summed E-state index contributed by atoms with van der Waals surface area (Å²) >= 11 is 0.748. The summed E-state index contributed by atoms with van der Waals surface area (Å²) in [6.45, 7) is 6.42. The van der Waals surface area contributed by atoms with Crippen molar-refractivity contribution >= 4 is 59.2 Å². The van der Waals surface area contributed by atoms with Crippen LogP contribution in [-0.4, -0.2) is 120 Å². The van der Waals surface area contributed by atoms with E-state index in [1.54, 1.807) is 0 Å². The van der Waals surface area contributed by atoms with Gasteiger partial charge in [-0.3, -0.25) is 43.7 Å². The normalized spacial score (nSPS) is 27.9. The van der Waals surface area contributed by atoms with Gasteiger partial charge in [0, 0.05) is 60.6 Å². The molecule has 20 nitrogen and oxygen atoms in total. The Balaban J connectivity index is 2.16. The summed E-state index contributed by atoms with van der Waals surface area (Å²) in [6, 6.07) is 4.77. The van der Waals surface area contributed by atoms with E-state index in [2.05, 4.69) is 0 Å². The molecule has 0 radical (unpaired) electrons. The number of nitrogens with zero attached hydrogens (tertiary/aromatic N) is 1. The molecule has 10 atom stereocenters. The number of nitro groups is 1. The smallest absolute Gasteiger partial charge is 0.303 e. The number of hydrogen-bond donors (Lipinski definition) is 0. The molecule has 0 amide bonds. The molecule has 0 N–H and O–H groups in total.